The highest BCUT2D eigenvalue weighted by Gasteiger charge is 2.21. The van der Waals surface area contributed by atoms with Gasteiger partial charge in [-0.2, -0.15) is 0 Å². The van der Waals surface area contributed by atoms with Crippen LogP contribution < -0.4 is 10.1 Å². The van der Waals surface area contributed by atoms with Crippen LogP contribution in [0.4, 0.5) is 5.69 Å². The van der Waals surface area contributed by atoms with Gasteiger partial charge < -0.3 is 29.4 Å². The highest BCUT2D eigenvalue weighted by atomic mass is 35.5. The molecule has 8 nitrogen and oxygen atoms in total. The molecule has 0 saturated carbocycles. The zero-order chi connectivity index (χ0) is 34.7. The van der Waals surface area contributed by atoms with Gasteiger partial charge in [0, 0.05) is 5.56 Å². The molecule has 0 heterocycles. The molecule has 2 aromatic rings. The number of hydrogen-bond donors (Lipinski definition) is 2. The van der Waals surface area contributed by atoms with E-state index in [-0.39, 0.29) is 41.9 Å². The van der Waals surface area contributed by atoms with Crippen molar-refractivity contribution >= 4 is 29.2 Å². The first kappa shape index (κ1) is 39.8. The minimum atomic E-state index is -0.563. The Morgan fingerprint density at radius 1 is 0.851 bits per heavy atom. The molecular formula is C38H56ClNO7. The molecule has 0 aromatic heterocycles. The summed E-state index contributed by atoms with van der Waals surface area (Å²) in [7, 11) is 0. The molecule has 0 fully saturated rings. The molecule has 0 radical (unpaired) electrons. The highest BCUT2D eigenvalue weighted by molar-refractivity contribution is 6.33. The van der Waals surface area contributed by atoms with E-state index in [1.807, 2.05) is 26.8 Å². The molecule has 1 atom stereocenters. The summed E-state index contributed by atoms with van der Waals surface area (Å²) in [6.07, 6.45) is 13.8. The van der Waals surface area contributed by atoms with Gasteiger partial charge in [-0.15, -0.1) is 0 Å². The number of ether oxygens (including phenoxy) is 4. The Bertz CT molecular complexity index is 1270. The Balaban J connectivity index is 2.09. The molecule has 0 aliphatic carbocycles. The topological polar surface area (TPSA) is 103 Å². The maximum atomic E-state index is 13.2. The van der Waals surface area contributed by atoms with Gasteiger partial charge >= 0.3 is 11.9 Å². The predicted octanol–water partition coefficient (Wildman–Crippen LogP) is 10.1. The van der Waals surface area contributed by atoms with E-state index in [1.54, 1.807) is 44.2 Å². The van der Waals surface area contributed by atoms with Crippen molar-refractivity contribution in [1.82, 2.24) is 0 Å². The number of anilines is 1. The summed E-state index contributed by atoms with van der Waals surface area (Å²) in [5.41, 5.74) is 1.17. The van der Waals surface area contributed by atoms with Gasteiger partial charge in [-0.05, 0) is 68.5 Å². The molecule has 9 heteroatoms. The largest absolute Gasteiger partial charge is 0.508 e. The number of nitrogens with one attached hydrogen (secondary N) is 1. The Morgan fingerprint density at radius 3 is 2.11 bits per heavy atom. The molecule has 47 heavy (non-hydrogen) atoms. The smallest absolute Gasteiger partial charge is 0.338 e. The second kappa shape index (κ2) is 21.5. The molecule has 0 aliphatic rings. The third-order valence-electron chi connectivity index (χ3n) is 7.65. The lowest BCUT2D eigenvalue weighted by molar-refractivity contribution is -0.137. The molecule has 1 unspecified atom stereocenters. The van der Waals surface area contributed by atoms with E-state index in [0.29, 0.717) is 23.1 Å². The number of carbonyl (C=O) groups excluding carboxylic acids is 2. The van der Waals surface area contributed by atoms with Crippen molar-refractivity contribution in [3.8, 4) is 11.5 Å². The van der Waals surface area contributed by atoms with Crippen LogP contribution >= 0.6 is 11.6 Å². The Labute approximate surface area is 287 Å². The van der Waals surface area contributed by atoms with Crippen molar-refractivity contribution in [3.05, 3.63) is 64.5 Å². The van der Waals surface area contributed by atoms with Gasteiger partial charge in [0.2, 0.25) is 0 Å². The fourth-order valence-corrected chi connectivity index (χ4v) is 5.28. The summed E-state index contributed by atoms with van der Waals surface area (Å²) in [6, 6.07) is 9.97. The number of hydrogen-bond acceptors (Lipinski definition) is 8. The van der Waals surface area contributed by atoms with Crippen molar-refractivity contribution in [3.63, 3.8) is 0 Å². The van der Waals surface area contributed by atoms with Gasteiger partial charge in [-0.25, -0.2) is 9.59 Å². The quantitative estimate of drug-likeness (QED) is 0.0551. The van der Waals surface area contributed by atoms with E-state index in [9.17, 15) is 14.7 Å². The summed E-state index contributed by atoms with van der Waals surface area (Å²) < 4.78 is 22.6. The number of halogens is 1. The lowest BCUT2D eigenvalue weighted by atomic mass is 9.86. The first-order chi connectivity index (χ1) is 22.5. The second-order valence-electron chi connectivity index (χ2n) is 12.8. The maximum Gasteiger partial charge on any atom is 0.338 e. The summed E-state index contributed by atoms with van der Waals surface area (Å²) in [4.78, 5) is 25.2. The number of carbonyl (C=O) groups is 2. The normalized spacial score (nSPS) is 12.4. The number of aromatic hydroxyl groups is 1. The summed E-state index contributed by atoms with van der Waals surface area (Å²) >= 11 is 6.40. The lowest BCUT2D eigenvalue weighted by Crippen LogP contribution is -2.25. The van der Waals surface area contributed by atoms with Crippen LogP contribution in [0.25, 0.3) is 0 Å². The number of phenolic OH excluding ortho intramolecular Hbond substituents is 1. The Hall–Kier alpha value is -3.39. The SMILES string of the molecule is CCCCCCCCCCCCC(COC(=O)c1ccc(Cl)c(N/C(=C/C(=O)OCC)OCC)c1)Oc1ccc(O)c(C(C)(C)C)c1. The third kappa shape index (κ3) is 15.4. The zero-order valence-corrected chi connectivity index (χ0v) is 30.0. The molecule has 0 amide bonds. The Morgan fingerprint density at radius 2 is 1.49 bits per heavy atom. The average molecular weight is 674 g/mol. The van der Waals surface area contributed by atoms with Crippen LogP contribution in [0.15, 0.2) is 48.4 Å². The minimum Gasteiger partial charge on any atom is -0.508 e. The van der Waals surface area contributed by atoms with E-state index in [4.69, 9.17) is 30.5 Å². The first-order valence-corrected chi connectivity index (χ1v) is 17.6. The molecule has 0 aliphatic heterocycles. The van der Waals surface area contributed by atoms with Gasteiger partial charge in [0.1, 0.15) is 24.2 Å². The van der Waals surface area contributed by atoms with Crippen molar-refractivity contribution in [2.24, 2.45) is 0 Å². The van der Waals surface area contributed by atoms with Crippen molar-refractivity contribution in [2.45, 2.75) is 124 Å². The number of rotatable bonds is 22. The molecule has 0 spiro atoms. The first-order valence-electron chi connectivity index (χ1n) is 17.2. The molecule has 2 aromatic carbocycles. The van der Waals surface area contributed by atoms with Gasteiger partial charge in [0.25, 0.3) is 0 Å². The van der Waals surface area contributed by atoms with E-state index in [0.717, 1.165) is 24.8 Å². The van der Waals surface area contributed by atoms with Crippen molar-refractivity contribution in [2.75, 3.05) is 25.1 Å². The fraction of sp³-hybridized carbons (Fsp3) is 0.579. The van der Waals surface area contributed by atoms with E-state index < -0.39 is 11.9 Å². The lowest BCUT2D eigenvalue weighted by Gasteiger charge is -2.23. The van der Waals surface area contributed by atoms with Gasteiger partial charge in [0.15, 0.2) is 5.88 Å². The van der Waals surface area contributed by atoms with E-state index >= 15 is 0 Å². The van der Waals surface area contributed by atoms with Crippen LogP contribution in [-0.4, -0.2) is 43.0 Å². The number of phenols is 1. The van der Waals surface area contributed by atoms with Crippen LogP contribution in [-0.2, 0) is 24.4 Å². The summed E-state index contributed by atoms with van der Waals surface area (Å²) in [6.45, 7) is 12.4. The maximum absolute atomic E-state index is 13.2. The number of unbranched alkanes of at least 4 members (excludes halogenated alkanes) is 9. The molecular weight excluding hydrogens is 618 g/mol. The fourth-order valence-electron chi connectivity index (χ4n) is 5.11. The van der Waals surface area contributed by atoms with Crippen LogP contribution in [0.2, 0.25) is 5.02 Å². The number of esters is 2. The van der Waals surface area contributed by atoms with Crippen LogP contribution in [0.5, 0.6) is 11.5 Å². The van der Waals surface area contributed by atoms with Crippen LogP contribution in [0.3, 0.4) is 0 Å². The highest BCUT2D eigenvalue weighted by Crippen LogP contribution is 2.34. The van der Waals surface area contributed by atoms with Gasteiger partial charge in [-0.1, -0.05) is 97.1 Å². The molecule has 0 saturated heterocycles. The van der Waals surface area contributed by atoms with Gasteiger partial charge in [0.05, 0.1) is 35.6 Å². The predicted molar refractivity (Wildman–Crippen MR) is 189 cm³/mol. The molecule has 2 rings (SSSR count). The molecule has 0 bridgehead atoms. The average Bonchev–Trinajstić information content (AvgIpc) is 3.02. The second-order valence-corrected chi connectivity index (χ2v) is 13.2. The minimum absolute atomic E-state index is 0.0559. The van der Waals surface area contributed by atoms with E-state index in [1.165, 1.54) is 57.4 Å². The Kier molecular flexibility index (Phi) is 18.2. The monoisotopic (exact) mass is 673 g/mol. The summed E-state index contributed by atoms with van der Waals surface area (Å²) in [5.74, 6) is -0.108. The zero-order valence-electron chi connectivity index (χ0n) is 29.3. The summed E-state index contributed by atoms with van der Waals surface area (Å²) in [5, 5.41) is 13.7. The molecule has 2 N–H and O–H groups in total. The number of benzene rings is 2. The van der Waals surface area contributed by atoms with Crippen molar-refractivity contribution < 1.29 is 33.6 Å². The van der Waals surface area contributed by atoms with Crippen LogP contribution in [0, 0.1) is 0 Å². The van der Waals surface area contributed by atoms with E-state index in [2.05, 4.69) is 12.2 Å². The van der Waals surface area contributed by atoms with Gasteiger partial charge in [-0.3, -0.25) is 0 Å². The molecule has 262 valence electrons. The van der Waals surface area contributed by atoms with Crippen LogP contribution in [0.1, 0.15) is 128 Å². The third-order valence-corrected chi connectivity index (χ3v) is 7.98. The standard InChI is InChI=1S/C38H56ClNO7/c1-7-10-11-12-13-14-15-16-17-18-19-30(47-29-21-23-34(41)31(25-29)38(4,5)6)27-46-37(43)28-20-22-32(39)33(24-28)40-35(44-8-2)26-36(42)45-9-3/h20-26,30,40-41H,7-19,27H2,1-6H3/b35-26-. The van der Waals surface area contributed by atoms with Crippen molar-refractivity contribution in [1.29, 1.82) is 0 Å².